The highest BCUT2D eigenvalue weighted by Crippen LogP contribution is 2.34. The first kappa shape index (κ1) is 12.4. The van der Waals surface area contributed by atoms with Crippen LogP contribution in [-0.4, -0.2) is 18.9 Å². The van der Waals surface area contributed by atoms with Gasteiger partial charge in [0.15, 0.2) is 5.78 Å². The van der Waals surface area contributed by atoms with E-state index < -0.39 is 0 Å². The summed E-state index contributed by atoms with van der Waals surface area (Å²) < 4.78 is 5.24. The molecule has 1 aromatic carbocycles. The van der Waals surface area contributed by atoms with Crippen molar-refractivity contribution in [2.45, 2.75) is 25.8 Å². The Labute approximate surface area is 106 Å². The van der Waals surface area contributed by atoms with Crippen molar-refractivity contribution in [3.05, 3.63) is 28.3 Å². The van der Waals surface area contributed by atoms with Crippen LogP contribution in [0.1, 0.15) is 28.8 Å². The predicted octanol–water partition coefficient (Wildman–Crippen LogP) is 2.58. The molecule has 0 aromatic heterocycles. The molecular weight excluding hydrogens is 238 g/mol. The highest BCUT2D eigenvalue weighted by Gasteiger charge is 2.33. The van der Waals surface area contributed by atoms with Crippen LogP contribution in [0.2, 0.25) is 5.02 Å². The lowest BCUT2D eigenvalue weighted by molar-refractivity contribution is 0.0829. The van der Waals surface area contributed by atoms with Gasteiger partial charge in [-0.15, -0.1) is 0 Å². The molecule has 2 rings (SSSR count). The van der Waals surface area contributed by atoms with Crippen molar-refractivity contribution in [3.63, 3.8) is 0 Å². The number of ketones is 1. The molecule has 1 aliphatic rings. The van der Waals surface area contributed by atoms with E-state index in [-0.39, 0.29) is 17.7 Å². The number of hydrogen-bond donors (Lipinski definition) is 1. The standard InChI is InChI=1S/C13H16ClNO2/c1-7-3-12(17-2)10(6-11(7)14)13(16)8-4-9(15)5-8/h3,6,8-9H,4-5,15H2,1-2H3. The van der Waals surface area contributed by atoms with Crippen LogP contribution >= 0.6 is 11.6 Å². The first-order chi connectivity index (χ1) is 8.02. The zero-order chi connectivity index (χ0) is 12.6. The second-order valence-electron chi connectivity index (χ2n) is 4.59. The molecule has 1 fully saturated rings. The van der Waals surface area contributed by atoms with Gasteiger partial charge in [-0.05, 0) is 37.5 Å². The van der Waals surface area contributed by atoms with E-state index in [1.165, 1.54) is 0 Å². The van der Waals surface area contributed by atoms with Crippen LogP contribution < -0.4 is 10.5 Å². The molecule has 0 aliphatic heterocycles. The number of carbonyl (C=O) groups excluding carboxylic acids is 1. The van der Waals surface area contributed by atoms with E-state index in [4.69, 9.17) is 22.1 Å². The monoisotopic (exact) mass is 253 g/mol. The van der Waals surface area contributed by atoms with Crippen LogP contribution in [0, 0.1) is 12.8 Å². The lowest BCUT2D eigenvalue weighted by atomic mass is 9.76. The molecule has 4 heteroatoms. The summed E-state index contributed by atoms with van der Waals surface area (Å²) in [7, 11) is 1.56. The van der Waals surface area contributed by atoms with E-state index >= 15 is 0 Å². The van der Waals surface area contributed by atoms with E-state index in [1.807, 2.05) is 6.92 Å². The second kappa shape index (κ2) is 4.67. The van der Waals surface area contributed by atoms with Gasteiger partial charge in [0.2, 0.25) is 0 Å². The number of aryl methyl sites for hydroxylation is 1. The third-order valence-corrected chi connectivity index (χ3v) is 3.70. The van der Waals surface area contributed by atoms with Crippen molar-refractivity contribution in [1.82, 2.24) is 0 Å². The molecule has 0 bridgehead atoms. The van der Waals surface area contributed by atoms with E-state index in [1.54, 1.807) is 19.2 Å². The van der Waals surface area contributed by atoms with E-state index in [0.717, 1.165) is 18.4 Å². The fourth-order valence-electron chi connectivity index (χ4n) is 2.11. The summed E-state index contributed by atoms with van der Waals surface area (Å²) in [5.74, 6) is 0.709. The van der Waals surface area contributed by atoms with Crippen molar-refractivity contribution in [1.29, 1.82) is 0 Å². The van der Waals surface area contributed by atoms with Crippen molar-refractivity contribution in [2.75, 3.05) is 7.11 Å². The molecule has 0 amide bonds. The SMILES string of the molecule is COc1cc(C)c(Cl)cc1C(=O)C1CC(N)C1. The molecule has 92 valence electrons. The number of rotatable bonds is 3. The lowest BCUT2D eigenvalue weighted by Crippen LogP contribution is -2.40. The van der Waals surface area contributed by atoms with Gasteiger partial charge in [-0.2, -0.15) is 0 Å². The van der Waals surface area contributed by atoms with Gasteiger partial charge in [-0.3, -0.25) is 4.79 Å². The average molecular weight is 254 g/mol. The molecule has 3 nitrogen and oxygen atoms in total. The van der Waals surface area contributed by atoms with E-state index in [9.17, 15) is 4.79 Å². The molecule has 2 N–H and O–H groups in total. The highest BCUT2D eigenvalue weighted by molar-refractivity contribution is 6.31. The predicted molar refractivity (Wildman–Crippen MR) is 67.8 cm³/mol. The maximum absolute atomic E-state index is 12.2. The van der Waals surface area contributed by atoms with Crippen LogP contribution in [-0.2, 0) is 0 Å². The fourth-order valence-corrected chi connectivity index (χ4v) is 2.28. The van der Waals surface area contributed by atoms with Crippen LogP contribution in [0.4, 0.5) is 0 Å². The number of carbonyl (C=O) groups is 1. The Hall–Kier alpha value is -1.06. The number of hydrogen-bond acceptors (Lipinski definition) is 3. The summed E-state index contributed by atoms with van der Waals surface area (Å²) in [6.45, 7) is 1.89. The first-order valence-electron chi connectivity index (χ1n) is 5.67. The maximum atomic E-state index is 12.2. The van der Waals surface area contributed by atoms with Gasteiger partial charge >= 0.3 is 0 Å². The molecule has 0 unspecified atom stereocenters. The summed E-state index contributed by atoms with van der Waals surface area (Å²) >= 11 is 6.05. The molecule has 0 spiro atoms. The number of Topliss-reactive ketones (excluding diaryl/α,β-unsaturated/α-hetero) is 1. The second-order valence-corrected chi connectivity index (χ2v) is 5.00. The number of ether oxygens (including phenoxy) is 1. The van der Waals surface area contributed by atoms with Gasteiger partial charge in [0, 0.05) is 17.0 Å². The van der Waals surface area contributed by atoms with E-state index in [0.29, 0.717) is 16.3 Å². The van der Waals surface area contributed by atoms with E-state index in [2.05, 4.69) is 0 Å². The van der Waals surface area contributed by atoms with Crippen LogP contribution in [0.5, 0.6) is 5.75 Å². The Morgan fingerprint density at radius 3 is 2.65 bits per heavy atom. The molecule has 0 saturated heterocycles. The van der Waals surface area contributed by atoms with Gasteiger partial charge in [-0.25, -0.2) is 0 Å². The van der Waals surface area contributed by atoms with Gasteiger partial charge in [0.05, 0.1) is 12.7 Å². The third kappa shape index (κ3) is 2.31. The lowest BCUT2D eigenvalue weighted by Gasteiger charge is -2.31. The summed E-state index contributed by atoms with van der Waals surface area (Å²) in [5, 5.41) is 0.595. The molecule has 1 saturated carbocycles. The third-order valence-electron chi connectivity index (χ3n) is 3.29. The summed E-state index contributed by atoms with van der Waals surface area (Å²) in [5.41, 5.74) is 7.18. The molecular formula is C13H16ClNO2. The topological polar surface area (TPSA) is 52.3 Å². The fraction of sp³-hybridized carbons (Fsp3) is 0.462. The highest BCUT2D eigenvalue weighted by atomic mass is 35.5. The molecule has 0 atom stereocenters. The number of methoxy groups -OCH3 is 1. The molecule has 1 aliphatic carbocycles. The Morgan fingerprint density at radius 1 is 1.47 bits per heavy atom. The average Bonchev–Trinajstić information content (AvgIpc) is 2.27. The van der Waals surface area contributed by atoms with Gasteiger partial charge in [-0.1, -0.05) is 11.6 Å². The number of benzene rings is 1. The van der Waals surface area contributed by atoms with Crippen molar-refractivity contribution in [3.8, 4) is 5.75 Å². The Morgan fingerprint density at radius 2 is 2.12 bits per heavy atom. The minimum atomic E-state index is 0.0256. The molecule has 1 aromatic rings. The van der Waals surface area contributed by atoms with Crippen LogP contribution in [0.15, 0.2) is 12.1 Å². The number of nitrogens with two attached hydrogens (primary N) is 1. The Kier molecular flexibility index (Phi) is 3.40. The molecule has 0 radical (unpaired) electrons. The number of halogens is 1. The van der Waals surface area contributed by atoms with Gasteiger partial charge in [0.25, 0.3) is 0 Å². The zero-order valence-corrected chi connectivity index (χ0v) is 10.8. The quantitative estimate of drug-likeness (QED) is 0.843. The largest absolute Gasteiger partial charge is 0.496 e. The Balaban J connectivity index is 2.30. The normalized spacial score (nSPS) is 23.1. The summed E-state index contributed by atoms with van der Waals surface area (Å²) in [6, 6.07) is 3.66. The van der Waals surface area contributed by atoms with Gasteiger partial charge < -0.3 is 10.5 Å². The minimum absolute atomic E-state index is 0.0256. The van der Waals surface area contributed by atoms with Crippen LogP contribution in [0.25, 0.3) is 0 Å². The van der Waals surface area contributed by atoms with Crippen molar-refractivity contribution < 1.29 is 9.53 Å². The smallest absolute Gasteiger partial charge is 0.169 e. The molecule has 0 heterocycles. The Bertz CT molecular complexity index is 453. The van der Waals surface area contributed by atoms with Crippen molar-refractivity contribution in [2.24, 2.45) is 11.7 Å². The van der Waals surface area contributed by atoms with Crippen molar-refractivity contribution >= 4 is 17.4 Å². The minimum Gasteiger partial charge on any atom is -0.496 e. The molecule has 17 heavy (non-hydrogen) atoms. The van der Waals surface area contributed by atoms with Crippen LogP contribution in [0.3, 0.4) is 0 Å². The first-order valence-corrected chi connectivity index (χ1v) is 6.04. The summed E-state index contributed by atoms with van der Waals surface area (Å²) in [6.07, 6.45) is 1.51. The maximum Gasteiger partial charge on any atom is 0.169 e. The van der Waals surface area contributed by atoms with Gasteiger partial charge in [0.1, 0.15) is 5.75 Å². The summed E-state index contributed by atoms with van der Waals surface area (Å²) in [4.78, 5) is 12.2. The zero-order valence-electron chi connectivity index (χ0n) is 10.00.